The molecule has 84 valence electrons. The second-order valence-corrected chi connectivity index (χ2v) is 1.57. The highest BCUT2D eigenvalue weighted by Gasteiger charge is 1.59. The third kappa shape index (κ3) is 75.5. The van der Waals surface area contributed by atoms with E-state index in [0.29, 0.717) is 0 Å². The summed E-state index contributed by atoms with van der Waals surface area (Å²) >= 11 is 0. The Morgan fingerprint density at radius 2 is 1.60 bits per heavy atom. The highest BCUT2D eigenvalue weighted by Crippen LogP contribution is 1.66. The summed E-state index contributed by atoms with van der Waals surface area (Å²) in [7, 11) is 0.889. The summed E-state index contributed by atoms with van der Waals surface area (Å²) < 4.78 is 0. The van der Waals surface area contributed by atoms with Crippen LogP contribution in [0.5, 0.6) is 0 Å². The molecule has 0 aliphatic heterocycles. The summed E-state index contributed by atoms with van der Waals surface area (Å²) in [6.45, 7) is 5.43. The molecular weight excluding hydrogens is 196 g/mol. The van der Waals surface area contributed by atoms with Gasteiger partial charge in [-0.1, -0.05) is 13.8 Å². The van der Waals surface area contributed by atoms with E-state index in [2.05, 4.69) is 9.97 Å². The van der Waals surface area contributed by atoms with Gasteiger partial charge in [-0.3, -0.25) is 10.1 Å². The molecule has 0 unspecified atom stereocenters. The standard InChI is InChI=1S/C4H4N2.C2H3N.C2H6.CH3NO2/c1-2-5-4-6-3-1;1-2-3;1-2;1-2(3)4/h1-4H;1H3;1-2H3;1H3. The summed E-state index contributed by atoms with van der Waals surface area (Å²) in [4.78, 5) is 15.7. The molecule has 0 aliphatic carbocycles. The minimum Gasteiger partial charge on any atom is -0.265 e. The molecule has 15 heavy (non-hydrogen) atoms. The number of nitro groups is 1. The maximum absolute atomic E-state index is 8.81. The van der Waals surface area contributed by atoms with Gasteiger partial charge in [0.2, 0.25) is 0 Å². The summed E-state index contributed by atoms with van der Waals surface area (Å²) in [5.74, 6) is 0. The van der Waals surface area contributed by atoms with Crippen molar-refractivity contribution in [2.24, 2.45) is 0 Å². The highest BCUT2D eigenvalue weighted by molar-refractivity contribution is 4.74. The van der Waals surface area contributed by atoms with Crippen molar-refractivity contribution in [3.05, 3.63) is 34.9 Å². The van der Waals surface area contributed by atoms with Crippen molar-refractivity contribution in [3.8, 4) is 6.07 Å². The van der Waals surface area contributed by atoms with Crippen molar-refractivity contribution >= 4 is 0 Å². The maximum atomic E-state index is 8.81. The lowest BCUT2D eigenvalue weighted by Gasteiger charge is -1.70. The monoisotopic (exact) mass is 212 g/mol. The van der Waals surface area contributed by atoms with Crippen LogP contribution in [-0.4, -0.2) is 21.9 Å². The minimum absolute atomic E-state index is 0.500. The Morgan fingerprint density at radius 3 is 1.67 bits per heavy atom. The Balaban J connectivity index is -0.000000142. The highest BCUT2D eigenvalue weighted by atomic mass is 16.6. The van der Waals surface area contributed by atoms with Crippen LogP contribution in [0.25, 0.3) is 0 Å². The second kappa shape index (κ2) is 22.7. The molecule has 0 bridgehead atoms. The van der Waals surface area contributed by atoms with E-state index in [4.69, 9.17) is 15.4 Å². The largest absolute Gasteiger partial charge is 0.265 e. The van der Waals surface area contributed by atoms with Crippen LogP contribution in [0.15, 0.2) is 24.8 Å². The van der Waals surface area contributed by atoms with E-state index in [1.54, 1.807) is 24.5 Å². The number of nitrogens with zero attached hydrogens (tertiary/aromatic N) is 4. The number of nitriles is 1. The summed E-state index contributed by atoms with van der Waals surface area (Å²) in [6, 6.07) is 3.53. The van der Waals surface area contributed by atoms with Crippen molar-refractivity contribution in [1.82, 2.24) is 9.97 Å². The van der Waals surface area contributed by atoms with Gasteiger partial charge in [-0.2, -0.15) is 5.26 Å². The fourth-order valence-corrected chi connectivity index (χ4v) is 0.253. The molecule has 1 heterocycles. The van der Waals surface area contributed by atoms with Crippen LogP contribution in [-0.2, 0) is 0 Å². The molecule has 6 heteroatoms. The van der Waals surface area contributed by atoms with Crippen molar-refractivity contribution in [3.63, 3.8) is 0 Å². The van der Waals surface area contributed by atoms with Crippen LogP contribution in [0.4, 0.5) is 0 Å². The predicted molar refractivity (Wildman–Crippen MR) is 57.6 cm³/mol. The fraction of sp³-hybridized carbons (Fsp3) is 0.444. The predicted octanol–water partition coefficient (Wildman–Crippen LogP) is 1.93. The first-order chi connectivity index (χ1) is 7.15. The van der Waals surface area contributed by atoms with Gasteiger partial charge in [-0.05, 0) is 6.07 Å². The van der Waals surface area contributed by atoms with Gasteiger partial charge in [0.25, 0.3) is 0 Å². The van der Waals surface area contributed by atoms with Crippen LogP contribution in [0.1, 0.15) is 20.8 Å². The zero-order valence-electron chi connectivity index (χ0n) is 9.41. The molecule has 0 spiro atoms. The first-order valence-electron chi connectivity index (χ1n) is 4.24. The van der Waals surface area contributed by atoms with E-state index in [1.807, 2.05) is 13.8 Å². The van der Waals surface area contributed by atoms with Crippen molar-refractivity contribution < 1.29 is 4.92 Å². The quantitative estimate of drug-likeness (QED) is 0.483. The van der Waals surface area contributed by atoms with Gasteiger partial charge in [-0.15, -0.1) is 0 Å². The van der Waals surface area contributed by atoms with Gasteiger partial charge < -0.3 is 0 Å². The number of rotatable bonds is 0. The molecule has 0 aliphatic rings. The summed E-state index contributed by atoms with van der Waals surface area (Å²) in [6.07, 6.45) is 4.88. The van der Waals surface area contributed by atoms with E-state index < -0.39 is 4.92 Å². The molecule has 1 rings (SSSR count). The van der Waals surface area contributed by atoms with Crippen molar-refractivity contribution in [1.29, 1.82) is 5.26 Å². The summed E-state index contributed by atoms with van der Waals surface area (Å²) in [5.41, 5.74) is 0. The molecule has 0 radical (unpaired) electrons. The van der Waals surface area contributed by atoms with Crippen LogP contribution in [0, 0.1) is 21.4 Å². The topological polar surface area (TPSA) is 92.7 Å². The molecule has 1 aromatic rings. The number of hydrogen-bond acceptors (Lipinski definition) is 5. The average Bonchev–Trinajstić information content (AvgIpc) is 2.24. The first kappa shape index (κ1) is 18.7. The lowest BCUT2D eigenvalue weighted by atomic mass is 10.7. The lowest BCUT2D eigenvalue weighted by Crippen LogP contribution is -1.79. The van der Waals surface area contributed by atoms with E-state index >= 15 is 0 Å². The summed E-state index contributed by atoms with van der Waals surface area (Å²) in [5, 5.41) is 16.1. The maximum Gasteiger partial charge on any atom is 0.194 e. The van der Waals surface area contributed by atoms with E-state index in [0.717, 1.165) is 7.05 Å². The molecule has 0 fully saturated rings. The molecule has 1 aromatic heterocycles. The van der Waals surface area contributed by atoms with Crippen LogP contribution in [0.3, 0.4) is 0 Å². The Labute approximate surface area is 89.8 Å². The lowest BCUT2D eigenvalue weighted by molar-refractivity contribution is -0.445. The number of aromatic nitrogens is 2. The SMILES string of the molecule is CC.CC#N.C[N+](=O)[O-].c1cncnc1. The van der Waals surface area contributed by atoms with Gasteiger partial charge >= 0.3 is 0 Å². The van der Waals surface area contributed by atoms with E-state index in [-0.39, 0.29) is 0 Å². The Morgan fingerprint density at radius 1 is 1.33 bits per heavy atom. The fourth-order valence-electron chi connectivity index (χ4n) is 0.253. The molecule has 0 N–H and O–H groups in total. The molecular formula is C9H16N4O2. The zero-order chi connectivity index (χ0) is 12.5. The zero-order valence-corrected chi connectivity index (χ0v) is 9.41. The molecule has 0 amide bonds. The normalized spacial score (nSPS) is 5.80. The van der Waals surface area contributed by atoms with E-state index in [9.17, 15) is 0 Å². The molecule has 0 atom stereocenters. The minimum atomic E-state index is -0.500. The first-order valence-corrected chi connectivity index (χ1v) is 4.24. The van der Waals surface area contributed by atoms with Gasteiger partial charge in [0, 0.05) is 24.2 Å². The van der Waals surface area contributed by atoms with Crippen LogP contribution < -0.4 is 0 Å². The Bertz CT molecular complexity index is 215. The molecule has 0 saturated carbocycles. The average molecular weight is 212 g/mol. The Kier molecular flexibility index (Phi) is 28.3. The van der Waals surface area contributed by atoms with Crippen molar-refractivity contribution in [2.45, 2.75) is 20.8 Å². The number of hydrogen-bond donors (Lipinski definition) is 0. The van der Waals surface area contributed by atoms with Crippen LogP contribution >= 0.6 is 0 Å². The van der Waals surface area contributed by atoms with E-state index in [1.165, 1.54) is 13.3 Å². The van der Waals surface area contributed by atoms with Gasteiger partial charge in [0.1, 0.15) is 6.33 Å². The van der Waals surface area contributed by atoms with Crippen LogP contribution in [0.2, 0.25) is 0 Å². The van der Waals surface area contributed by atoms with Crippen molar-refractivity contribution in [2.75, 3.05) is 7.05 Å². The third-order valence-electron chi connectivity index (χ3n) is 0.478. The Hall–Kier alpha value is -2.03. The molecule has 0 aromatic carbocycles. The van der Waals surface area contributed by atoms with Gasteiger partial charge in [0.15, 0.2) is 7.05 Å². The molecule has 0 saturated heterocycles. The smallest absolute Gasteiger partial charge is 0.194 e. The molecule has 6 nitrogen and oxygen atoms in total. The van der Waals surface area contributed by atoms with Gasteiger partial charge in [-0.25, -0.2) is 9.97 Å². The third-order valence-corrected chi connectivity index (χ3v) is 0.478. The van der Waals surface area contributed by atoms with Gasteiger partial charge in [0.05, 0.1) is 6.07 Å². The second-order valence-electron chi connectivity index (χ2n) is 1.57.